The normalized spacial score (nSPS) is 18.8. The van der Waals surface area contributed by atoms with E-state index in [0.717, 1.165) is 74.1 Å². The topological polar surface area (TPSA) is 216 Å². The summed E-state index contributed by atoms with van der Waals surface area (Å²) in [6.45, 7) is 11.2. The molecule has 1 saturated heterocycles. The number of carbonyl (C=O) groups is 6. The molecular formula is C64H74N10O10. The maximum absolute atomic E-state index is 14.2. The Kier molecular flexibility index (Phi) is 18.3. The van der Waals surface area contributed by atoms with E-state index in [-0.39, 0.29) is 66.7 Å². The van der Waals surface area contributed by atoms with E-state index in [1.54, 1.807) is 66.4 Å². The predicted molar refractivity (Wildman–Crippen MR) is 323 cm³/mol. The number of nitrogens with zero attached hydrogens (tertiary/aromatic N) is 7. The first-order valence-electron chi connectivity index (χ1n) is 29.0. The van der Waals surface area contributed by atoms with Crippen LogP contribution in [0.25, 0.3) is 11.1 Å². The molecule has 0 bridgehead atoms. The highest BCUT2D eigenvalue weighted by molar-refractivity contribution is 6.13. The molecule has 6 aliphatic heterocycles. The second kappa shape index (κ2) is 26.3. The fourth-order valence-electron chi connectivity index (χ4n) is 11.2. The number of unbranched alkanes of at least 4 members (excludes halogenated alkanes) is 3. The molecule has 4 aromatic rings. The van der Waals surface area contributed by atoms with Crippen molar-refractivity contribution in [2.24, 2.45) is 15.9 Å². The van der Waals surface area contributed by atoms with Crippen molar-refractivity contribution >= 4 is 81.8 Å². The molecule has 6 heterocycles. The van der Waals surface area contributed by atoms with Crippen LogP contribution in [0, 0.1) is 5.92 Å². The summed E-state index contributed by atoms with van der Waals surface area (Å²) in [4.78, 5) is 97.3. The molecule has 0 aromatic heterocycles. The van der Waals surface area contributed by atoms with Gasteiger partial charge in [-0.1, -0.05) is 51.0 Å². The van der Waals surface area contributed by atoms with Gasteiger partial charge in [0.1, 0.15) is 6.04 Å². The third-order valence-electron chi connectivity index (χ3n) is 16.1. The van der Waals surface area contributed by atoms with Gasteiger partial charge in [-0.3, -0.25) is 43.7 Å². The predicted octanol–water partition coefficient (Wildman–Crippen LogP) is 7.79. The van der Waals surface area contributed by atoms with Crippen molar-refractivity contribution in [1.29, 1.82) is 0 Å². The number of anilines is 2. The third-order valence-corrected chi connectivity index (χ3v) is 16.1. The van der Waals surface area contributed by atoms with Crippen molar-refractivity contribution in [3.05, 3.63) is 120 Å². The van der Waals surface area contributed by atoms with Crippen molar-refractivity contribution in [3.8, 4) is 23.0 Å². The molecule has 3 N–H and O–H groups in total. The molecular weight excluding hydrogens is 1070 g/mol. The highest BCUT2D eigenvalue weighted by atomic mass is 16.5. The van der Waals surface area contributed by atoms with E-state index < -0.39 is 12.1 Å². The number of nitrogens with one attached hydrogen (secondary N) is 3. The number of piperazine rings is 1. The number of likely N-dealkylation sites (N-methyl/N-ethyl adjacent to an activating group) is 1. The average Bonchev–Trinajstić information content (AvgIpc) is 3.93. The summed E-state index contributed by atoms with van der Waals surface area (Å²) in [5, 5.41) is 9.08. The average molecular weight is 1140 g/mol. The number of hydrogen-bond donors (Lipinski definition) is 3. The lowest BCUT2D eigenvalue weighted by molar-refractivity contribution is -0.136. The summed E-state index contributed by atoms with van der Waals surface area (Å²) in [5.74, 6) is 0.102. The lowest BCUT2D eigenvalue weighted by Gasteiger charge is -2.34. The lowest BCUT2D eigenvalue weighted by Crippen LogP contribution is -2.52. The third kappa shape index (κ3) is 13.2. The highest BCUT2D eigenvalue weighted by Crippen LogP contribution is 2.42. The van der Waals surface area contributed by atoms with E-state index in [1.807, 2.05) is 44.6 Å². The molecule has 0 radical (unpaired) electrons. The molecule has 4 aromatic carbocycles. The van der Waals surface area contributed by atoms with Crippen LogP contribution in [0.5, 0.6) is 23.0 Å². The molecule has 0 aliphatic carbocycles. The molecule has 0 unspecified atom stereocenters. The van der Waals surface area contributed by atoms with Gasteiger partial charge >= 0.3 is 0 Å². The van der Waals surface area contributed by atoms with Crippen molar-refractivity contribution in [1.82, 2.24) is 30.2 Å². The van der Waals surface area contributed by atoms with Crippen LogP contribution in [0.15, 0.2) is 107 Å². The highest BCUT2D eigenvalue weighted by Gasteiger charge is 2.36. The molecule has 20 nitrogen and oxygen atoms in total. The van der Waals surface area contributed by atoms with Crippen molar-refractivity contribution in [2.45, 2.75) is 89.9 Å². The first-order valence-corrected chi connectivity index (χ1v) is 29.0. The van der Waals surface area contributed by atoms with E-state index >= 15 is 0 Å². The van der Waals surface area contributed by atoms with Crippen molar-refractivity contribution in [2.75, 3.05) is 84.0 Å². The number of imide groups is 1. The van der Waals surface area contributed by atoms with Crippen LogP contribution in [-0.4, -0.2) is 165 Å². The number of methoxy groups -OCH3 is 2. The SMILES string of the molecule is COc1cc2c(cc1OCCCOc1cc3c(cc1OC)C(=O)N1C=C(c4ccc(N5CCN(C)CC5)cc4)C[C@H]1C=N3)N=C[C@@H]1CC(c3ccc(NC(=O)[C@H](C)NC(=O)[C@@H](NCCCCCCN4C(=O)C=CC4=O)C(C)C)cc3)=CN1C2=O. The minimum atomic E-state index is -0.805. The van der Waals surface area contributed by atoms with Gasteiger partial charge in [0.15, 0.2) is 23.0 Å². The monoisotopic (exact) mass is 1140 g/mol. The van der Waals surface area contributed by atoms with E-state index in [4.69, 9.17) is 28.9 Å². The Morgan fingerprint density at radius 2 is 1.15 bits per heavy atom. The number of benzene rings is 4. The van der Waals surface area contributed by atoms with Gasteiger partial charge in [-0.05, 0) is 97.9 Å². The minimum absolute atomic E-state index is 0.0228. The van der Waals surface area contributed by atoms with Crippen LogP contribution in [-0.2, 0) is 19.2 Å². The Bertz CT molecular complexity index is 3290. The van der Waals surface area contributed by atoms with Gasteiger partial charge in [0, 0.05) is 112 Å². The number of aliphatic imine (C=N–C) groups is 2. The Morgan fingerprint density at radius 1 is 0.631 bits per heavy atom. The summed E-state index contributed by atoms with van der Waals surface area (Å²) in [6.07, 6.45) is 14.9. The van der Waals surface area contributed by atoms with Gasteiger partial charge in [-0.15, -0.1) is 0 Å². The van der Waals surface area contributed by atoms with Crippen LogP contribution in [0.3, 0.4) is 0 Å². The van der Waals surface area contributed by atoms with E-state index in [9.17, 15) is 28.8 Å². The molecule has 1 fully saturated rings. The number of amides is 6. The molecule has 20 heteroatoms. The molecule has 84 heavy (non-hydrogen) atoms. The molecule has 4 atom stereocenters. The summed E-state index contributed by atoms with van der Waals surface area (Å²) in [7, 11) is 5.22. The van der Waals surface area contributed by atoms with E-state index in [2.05, 4.69) is 57.1 Å². The Morgan fingerprint density at radius 3 is 1.68 bits per heavy atom. The first-order chi connectivity index (χ1) is 40.7. The van der Waals surface area contributed by atoms with Crippen LogP contribution < -0.4 is 39.8 Å². The number of hydrogen-bond acceptors (Lipinski definition) is 15. The van der Waals surface area contributed by atoms with Gasteiger partial charge in [-0.25, -0.2) is 0 Å². The number of fused-ring (bicyclic) bond motifs is 4. The van der Waals surface area contributed by atoms with Crippen molar-refractivity contribution < 1.29 is 47.7 Å². The van der Waals surface area contributed by atoms with Gasteiger partial charge in [0.05, 0.1) is 68.1 Å². The maximum atomic E-state index is 14.2. The van der Waals surface area contributed by atoms with Gasteiger partial charge in [0.2, 0.25) is 11.8 Å². The van der Waals surface area contributed by atoms with Gasteiger partial charge in [-0.2, -0.15) is 0 Å². The van der Waals surface area contributed by atoms with Crippen molar-refractivity contribution in [3.63, 3.8) is 0 Å². The molecule has 6 amide bonds. The summed E-state index contributed by atoms with van der Waals surface area (Å²) < 4.78 is 23.8. The molecule has 10 rings (SSSR count). The molecule has 0 spiro atoms. The quantitative estimate of drug-likeness (QED) is 0.0452. The maximum Gasteiger partial charge on any atom is 0.260 e. The number of ether oxygens (including phenoxy) is 4. The number of rotatable bonds is 24. The second-order valence-electron chi connectivity index (χ2n) is 22.3. The second-order valence-corrected chi connectivity index (χ2v) is 22.3. The fourth-order valence-corrected chi connectivity index (χ4v) is 11.2. The zero-order valence-corrected chi connectivity index (χ0v) is 48.6. The molecule has 0 saturated carbocycles. The van der Waals surface area contributed by atoms with Gasteiger partial charge in [0.25, 0.3) is 23.6 Å². The zero-order chi connectivity index (χ0) is 59.0. The van der Waals surface area contributed by atoms with Crippen LogP contribution in [0.1, 0.15) is 97.6 Å². The summed E-state index contributed by atoms with van der Waals surface area (Å²) >= 11 is 0. The lowest BCUT2D eigenvalue weighted by atomic mass is 10.0. The van der Waals surface area contributed by atoms with Crippen LogP contribution in [0.4, 0.5) is 22.7 Å². The summed E-state index contributed by atoms with van der Waals surface area (Å²) in [5.41, 5.74) is 7.50. The smallest absolute Gasteiger partial charge is 0.260 e. The Hall–Kier alpha value is -8.62. The summed E-state index contributed by atoms with van der Waals surface area (Å²) in [6, 6.07) is 20.9. The van der Waals surface area contributed by atoms with Gasteiger partial charge < -0.3 is 54.5 Å². The Labute approximate surface area is 490 Å². The standard InChI is InChI=1S/C64H74N10O10/c1-40(2)60(65-22-9-7-8-10-23-72-58(75)20-21-59(72)76)62(78)68-41(3)61(77)69-46-16-12-42(13-17-46)44-30-48-36-66-52-34-56(54(81-5)32-50(52)63(79)73(48)38-44)83-28-11-29-84-57-35-53-51(33-55(57)82-6)64(80)74-39-45(31-49(74)37-67-53)43-14-18-47(19-15-43)71-26-24-70(4)25-27-71/h12-21,32-41,48-49,60,65H,7-11,22-31H2,1-6H3,(H,68,78)(H,69,77)/t41-,48-,49-,60-/m0/s1. The van der Waals surface area contributed by atoms with E-state index in [0.29, 0.717) is 83.5 Å². The number of carbonyl (C=O) groups excluding carboxylic acids is 6. The minimum Gasteiger partial charge on any atom is -0.493 e. The zero-order valence-electron chi connectivity index (χ0n) is 48.6. The largest absolute Gasteiger partial charge is 0.493 e. The van der Waals surface area contributed by atoms with E-state index in [1.165, 1.54) is 29.8 Å². The Balaban J connectivity index is 0.679. The fraction of sp³-hybridized carbons (Fsp3) is 0.406. The molecule has 6 aliphatic rings. The van der Waals surface area contributed by atoms with Crippen LogP contribution >= 0.6 is 0 Å². The van der Waals surface area contributed by atoms with Crippen LogP contribution in [0.2, 0.25) is 0 Å². The first kappa shape index (κ1) is 58.6. The molecule has 440 valence electrons.